The molecule has 0 saturated carbocycles. The minimum Gasteiger partial charge on any atom is -0.497 e. The highest BCUT2D eigenvalue weighted by Gasteiger charge is 2.34. The van der Waals surface area contributed by atoms with Crippen LogP contribution in [0.15, 0.2) is 59.6 Å². The Hall–Kier alpha value is -3.86. The number of aromatic amines is 1. The third-order valence-corrected chi connectivity index (χ3v) is 7.19. The van der Waals surface area contributed by atoms with Gasteiger partial charge < -0.3 is 15.8 Å². The molecule has 0 radical (unpaired) electrons. The van der Waals surface area contributed by atoms with Crippen molar-refractivity contribution in [2.75, 3.05) is 29.0 Å². The number of aromatic nitrogens is 4. The summed E-state index contributed by atoms with van der Waals surface area (Å²) in [4.78, 5) is 8.59. The Labute approximate surface area is 184 Å². The van der Waals surface area contributed by atoms with E-state index in [1.807, 2.05) is 24.3 Å². The first kappa shape index (κ1) is 20.1. The number of benzene rings is 2. The van der Waals surface area contributed by atoms with E-state index < -0.39 is 10.0 Å². The number of anilines is 3. The topological polar surface area (TPSA) is 139 Å². The number of fused-ring (bicyclic) bond motifs is 2. The van der Waals surface area contributed by atoms with Crippen LogP contribution in [0.4, 0.5) is 17.5 Å². The molecular formula is C21H21N7O3S. The van der Waals surface area contributed by atoms with E-state index in [0.29, 0.717) is 34.7 Å². The molecule has 10 nitrogen and oxygen atoms in total. The zero-order chi connectivity index (χ0) is 22.3. The van der Waals surface area contributed by atoms with Crippen molar-refractivity contribution >= 4 is 38.5 Å². The van der Waals surface area contributed by atoms with Crippen molar-refractivity contribution in [2.24, 2.45) is 0 Å². The van der Waals surface area contributed by atoms with Gasteiger partial charge in [-0.25, -0.2) is 8.42 Å². The summed E-state index contributed by atoms with van der Waals surface area (Å²) in [7, 11) is -2.33. The smallest absolute Gasteiger partial charge is 0.264 e. The maximum atomic E-state index is 13.6. The van der Waals surface area contributed by atoms with Crippen molar-refractivity contribution < 1.29 is 13.2 Å². The fourth-order valence-corrected chi connectivity index (χ4v) is 5.51. The van der Waals surface area contributed by atoms with Crippen LogP contribution in [-0.2, 0) is 16.4 Å². The first-order valence-electron chi connectivity index (χ1n) is 9.93. The Morgan fingerprint density at radius 3 is 2.88 bits per heavy atom. The average Bonchev–Trinajstić information content (AvgIpc) is 3.27. The highest BCUT2D eigenvalue weighted by molar-refractivity contribution is 7.92. The Kier molecular flexibility index (Phi) is 4.82. The van der Waals surface area contributed by atoms with Crippen LogP contribution >= 0.6 is 0 Å². The monoisotopic (exact) mass is 451 g/mol. The standard InChI is InChI=1S/C21H21N7O3S/c1-31-15-6-4-7-16(10-15)32(29,30)28-12-14(9-13-5-2-3-8-18(13)28)24-19-17-11-23-27-20(17)26-21(22)25-19/h2-8,10-11,14H,9,12H2,1H3,(H4,22,23,24,25,26,27). The summed E-state index contributed by atoms with van der Waals surface area (Å²) in [6.45, 7) is 0.208. The molecule has 1 aliphatic rings. The molecule has 1 atom stereocenters. The second kappa shape index (κ2) is 7.68. The van der Waals surface area contributed by atoms with Gasteiger partial charge in [0.05, 0.1) is 41.9 Å². The van der Waals surface area contributed by atoms with E-state index in [2.05, 4.69) is 25.5 Å². The maximum Gasteiger partial charge on any atom is 0.264 e. The third kappa shape index (κ3) is 3.46. The Morgan fingerprint density at radius 2 is 2.03 bits per heavy atom. The number of nitrogens with two attached hydrogens (primary N) is 1. The third-order valence-electron chi connectivity index (χ3n) is 5.41. The van der Waals surface area contributed by atoms with Gasteiger partial charge in [-0.15, -0.1) is 0 Å². The Bertz CT molecular complexity index is 1400. The number of methoxy groups -OCH3 is 1. The lowest BCUT2D eigenvalue weighted by molar-refractivity contribution is 0.413. The van der Waals surface area contributed by atoms with Crippen LogP contribution in [0.25, 0.3) is 11.0 Å². The van der Waals surface area contributed by atoms with Crippen LogP contribution in [0.1, 0.15) is 5.56 Å². The highest BCUT2D eigenvalue weighted by Crippen LogP contribution is 2.34. The zero-order valence-corrected chi connectivity index (χ0v) is 18.0. The number of ether oxygens (including phenoxy) is 1. The van der Waals surface area contributed by atoms with E-state index in [4.69, 9.17) is 10.5 Å². The molecule has 1 unspecified atom stereocenters. The molecule has 4 N–H and O–H groups in total. The molecule has 1 aliphatic heterocycles. The number of hydrogen-bond acceptors (Lipinski definition) is 8. The highest BCUT2D eigenvalue weighted by atomic mass is 32.2. The number of sulfonamides is 1. The second-order valence-electron chi connectivity index (χ2n) is 7.45. The van der Waals surface area contributed by atoms with Gasteiger partial charge in [-0.2, -0.15) is 15.1 Å². The van der Waals surface area contributed by atoms with Gasteiger partial charge in [0.1, 0.15) is 11.6 Å². The Morgan fingerprint density at radius 1 is 1.19 bits per heavy atom. The molecule has 0 fully saturated rings. The van der Waals surface area contributed by atoms with Crippen molar-refractivity contribution in [3.63, 3.8) is 0 Å². The molecule has 2 aromatic carbocycles. The molecule has 11 heteroatoms. The van der Waals surface area contributed by atoms with Gasteiger partial charge in [0, 0.05) is 6.07 Å². The van der Waals surface area contributed by atoms with E-state index in [0.717, 1.165) is 5.56 Å². The van der Waals surface area contributed by atoms with Crippen LogP contribution in [-0.4, -0.2) is 48.3 Å². The molecule has 0 spiro atoms. The first-order chi connectivity index (χ1) is 15.5. The van der Waals surface area contributed by atoms with E-state index in [1.165, 1.54) is 17.5 Å². The summed E-state index contributed by atoms with van der Waals surface area (Å²) >= 11 is 0. The lowest BCUT2D eigenvalue weighted by atomic mass is 9.99. The number of nitrogens with zero attached hydrogens (tertiary/aromatic N) is 4. The number of para-hydroxylation sites is 1. The van der Waals surface area contributed by atoms with E-state index in [9.17, 15) is 8.42 Å². The van der Waals surface area contributed by atoms with Crippen molar-refractivity contribution in [1.29, 1.82) is 0 Å². The summed E-state index contributed by atoms with van der Waals surface area (Å²) in [6, 6.07) is 13.7. The van der Waals surface area contributed by atoms with Crippen molar-refractivity contribution in [3.8, 4) is 5.75 Å². The number of nitrogen functional groups attached to an aromatic ring is 1. The van der Waals surface area contributed by atoms with E-state index in [1.54, 1.807) is 24.4 Å². The zero-order valence-electron chi connectivity index (χ0n) is 17.2. The van der Waals surface area contributed by atoms with Gasteiger partial charge in [-0.05, 0) is 30.2 Å². The van der Waals surface area contributed by atoms with Crippen molar-refractivity contribution in [2.45, 2.75) is 17.4 Å². The predicted molar refractivity (Wildman–Crippen MR) is 121 cm³/mol. The van der Waals surface area contributed by atoms with Crippen LogP contribution in [0.2, 0.25) is 0 Å². The molecule has 164 valence electrons. The van der Waals surface area contributed by atoms with Crippen LogP contribution < -0.4 is 20.1 Å². The molecule has 3 heterocycles. The molecule has 32 heavy (non-hydrogen) atoms. The number of H-pyrrole nitrogens is 1. The predicted octanol–water partition coefficient (Wildman–Crippen LogP) is 2.18. The molecule has 0 aliphatic carbocycles. The normalized spacial score (nSPS) is 16.0. The lowest BCUT2D eigenvalue weighted by Crippen LogP contribution is -2.45. The summed E-state index contributed by atoms with van der Waals surface area (Å²) in [5, 5.41) is 10.8. The molecular weight excluding hydrogens is 430 g/mol. The molecule has 5 rings (SSSR count). The quantitative estimate of drug-likeness (QED) is 0.420. The van der Waals surface area contributed by atoms with E-state index >= 15 is 0 Å². The summed E-state index contributed by atoms with van der Waals surface area (Å²) in [5.74, 6) is 1.08. The van der Waals surface area contributed by atoms with Gasteiger partial charge in [0.15, 0.2) is 5.65 Å². The SMILES string of the molecule is COc1cccc(S(=O)(=O)N2CC(Nc3nc(N)nc4[nH]ncc34)Cc3ccccc32)c1. The molecule has 2 aromatic heterocycles. The van der Waals surface area contributed by atoms with Crippen molar-refractivity contribution in [3.05, 3.63) is 60.3 Å². The fourth-order valence-electron chi connectivity index (χ4n) is 3.92. The van der Waals surface area contributed by atoms with Crippen molar-refractivity contribution in [1.82, 2.24) is 20.2 Å². The summed E-state index contributed by atoms with van der Waals surface area (Å²) in [5.41, 5.74) is 7.92. The Balaban J connectivity index is 1.54. The first-order valence-corrected chi connectivity index (χ1v) is 11.4. The number of nitrogens with one attached hydrogen (secondary N) is 2. The lowest BCUT2D eigenvalue weighted by Gasteiger charge is -2.35. The molecule has 0 amide bonds. The van der Waals surface area contributed by atoms with Gasteiger partial charge in [0.2, 0.25) is 5.95 Å². The number of hydrogen-bond donors (Lipinski definition) is 3. The summed E-state index contributed by atoms with van der Waals surface area (Å²) in [6.07, 6.45) is 2.22. The molecule has 0 bridgehead atoms. The van der Waals surface area contributed by atoms with Crippen LogP contribution in [0, 0.1) is 0 Å². The van der Waals surface area contributed by atoms with Crippen LogP contribution in [0.5, 0.6) is 5.75 Å². The van der Waals surface area contributed by atoms with Crippen LogP contribution in [0.3, 0.4) is 0 Å². The van der Waals surface area contributed by atoms with Gasteiger partial charge in [0.25, 0.3) is 10.0 Å². The number of rotatable bonds is 5. The molecule has 4 aromatic rings. The van der Waals surface area contributed by atoms with Gasteiger partial charge >= 0.3 is 0 Å². The molecule has 0 saturated heterocycles. The summed E-state index contributed by atoms with van der Waals surface area (Å²) < 4.78 is 33.9. The largest absolute Gasteiger partial charge is 0.497 e. The second-order valence-corrected chi connectivity index (χ2v) is 9.31. The van der Waals surface area contributed by atoms with E-state index in [-0.39, 0.29) is 23.4 Å². The van der Waals surface area contributed by atoms with Gasteiger partial charge in [-0.3, -0.25) is 9.40 Å². The fraction of sp³-hybridized carbons (Fsp3) is 0.190. The van der Waals surface area contributed by atoms with Gasteiger partial charge in [-0.1, -0.05) is 24.3 Å². The minimum atomic E-state index is -3.84. The maximum absolute atomic E-state index is 13.6. The minimum absolute atomic E-state index is 0.0984. The average molecular weight is 452 g/mol.